The number of carbonyl (C=O) groups excluding carboxylic acids is 2. The first-order chi connectivity index (χ1) is 15.6. The fourth-order valence-electron chi connectivity index (χ4n) is 3.92. The average Bonchev–Trinajstić information content (AvgIpc) is 3.21. The number of hydrogen-bond donors (Lipinski definition) is 1. The van der Waals surface area contributed by atoms with Crippen LogP contribution in [0.5, 0.6) is 0 Å². The number of likely N-dealkylation sites (tertiary alicyclic amines) is 1. The van der Waals surface area contributed by atoms with Gasteiger partial charge in [-0.3, -0.25) is 4.79 Å². The second-order valence-corrected chi connectivity index (χ2v) is 9.84. The van der Waals surface area contributed by atoms with Gasteiger partial charge in [0.25, 0.3) is 0 Å². The summed E-state index contributed by atoms with van der Waals surface area (Å²) in [6.45, 7) is -0.140. The average molecular weight is 489 g/mol. The van der Waals surface area contributed by atoms with Gasteiger partial charge < -0.3 is 19.7 Å². The second-order valence-electron chi connectivity index (χ2n) is 7.65. The number of ether oxygens (including phenoxy) is 2. The van der Waals surface area contributed by atoms with Gasteiger partial charge >= 0.3 is 12.3 Å². The summed E-state index contributed by atoms with van der Waals surface area (Å²) in [6, 6.07) is 5.50. The molecule has 2 aliphatic rings. The van der Waals surface area contributed by atoms with Crippen molar-refractivity contribution in [2.24, 2.45) is 5.92 Å². The van der Waals surface area contributed by atoms with Crippen LogP contribution < -0.4 is 5.32 Å². The van der Waals surface area contributed by atoms with Gasteiger partial charge in [-0.25, -0.2) is 13.2 Å². The summed E-state index contributed by atoms with van der Waals surface area (Å²) < 4.78 is 77.1. The number of rotatable bonds is 5. The number of hydrogen-bond acceptors (Lipinski definition) is 7. The summed E-state index contributed by atoms with van der Waals surface area (Å²) in [5, 5.41) is 9.30. The maximum Gasteiger partial charge on any atom is 0.417 e. The molecule has 0 saturated carbocycles. The van der Waals surface area contributed by atoms with Crippen LogP contribution >= 0.6 is 0 Å². The number of halogens is 3. The van der Waals surface area contributed by atoms with Gasteiger partial charge in [0.15, 0.2) is 16.1 Å². The van der Waals surface area contributed by atoms with E-state index in [0.717, 1.165) is 17.0 Å². The molecule has 0 unspecified atom stereocenters. The van der Waals surface area contributed by atoms with Gasteiger partial charge in [0.05, 0.1) is 21.8 Å². The van der Waals surface area contributed by atoms with Gasteiger partial charge in [-0.05, 0) is 25.0 Å². The number of amides is 2. The van der Waals surface area contributed by atoms with Crippen LogP contribution in [0.3, 0.4) is 0 Å². The smallest absolute Gasteiger partial charge is 0.417 e. The molecular formula is C20H22F3N3O6S. The predicted molar refractivity (Wildman–Crippen MR) is 106 cm³/mol. The Morgan fingerprint density at radius 2 is 1.91 bits per heavy atom. The summed E-state index contributed by atoms with van der Waals surface area (Å²) in [6.07, 6.45) is -6.87. The quantitative estimate of drug-likeness (QED) is 0.628. The number of alkyl carbamates (subject to hydrolysis) is 1. The second kappa shape index (κ2) is 9.96. The first-order valence-electron chi connectivity index (χ1n) is 10.2. The van der Waals surface area contributed by atoms with Crippen molar-refractivity contribution < 1.29 is 40.7 Å². The van der Waals surface area contributed by atoms with Crippen molar-refractivity contribution in [3.05, 3.63) is 29.8 Å². The summed E-state index contributed by atoms with van der Waals surface area (Å²) in [7, 11) is -4.54. The third kappa shape index (κ3) is 5.56. The number of benzene rings is 1. The first kappa shape index (κ1) is 24.8. The molecule has 3 rings (SSSR count). The Bertz CT molecular complexity index is 1030. The third-order valence-corrected chi connectivity index (χ3v) is 7.75. The molecule has 9 nitrogen and oxygen atoms in total. The number of nitrogens with zero attached hydrogens (tertiary/aromatic N) is 2. The highest BCUT2D eigenvalue weighted by atomic mass is 32.2. The van der Waals surface area contributed by atoms with Crippen molar-refractivity contribution in [2.75, 3.05) is 26.3 Å². The molecule has 2 amide bonds. The largest absolute Gasteiger partial charge is 0.425 e. The zero-order chi connectivity index (χ0) is 24.2. The molecule has 2 saturated heterocycles. The van der Waals surface area contributed by atoms with Crippen molar-refractivity contribution in [2.45, 2.75) is 41.8 Å². The van der Waals surface area contributed by atoms with Crippen LogP contribution in [0.15, 0.2) is 29.2 Å². The van der Waals surface area contributed by atoms with E-state index in [4.69, 9.17) is 14.7 Å². The maximum atomic E-state index is 13.4. The number of carbonyl (C=O) groups is 2. The van der Waals surface area contributed by atoms with Gasteiger partial charge in [0.2, 0.25) is 5.91 Å². The van der Waals surface area contributed by atoms with Crippen LogP contribution in [-0.2, 0) is 30.3 Å². The minimum atomic E-state index is -4.90. The van der Waals surface area contributed by atoms with E-state index in [9.17, 15) is 31.2 Å². The van der Waals surface area contributed by atoms with Gasteiger partial charge in [-0.2, -0.15) is 18.4 Å². The van der Waals surface area contributed by atoms with Crippen LogP contribution in [0.1, 0.15) is 24.8 Å². The molecule has 1 aromatic rings. The minimum absolute atomic E-state index is 0.332. The van der Waals surface area contributed by atoms with E-state index in [2.05, 4.69) is 5.32 Å². The predicted octanol–water partition coefficient (Wildman–Crippen LogP) is 2.08. The van der Waals surface area contributed by atoms with E-state index in [-0.39, 0.29) is 6.54 Å². The van der Waals surface area contributed by atoms with Crippen LogP contribution in [-0.4, -0.2) is 63.1 Å². The Morgan fingerprint density at radius 3 is 2.55 bits per heavy atom. The molecule has 2 heterocycles. The molecule has 2 fully saturated rings. The maximum absolute atomic E-state index is 13.4. The SMILES string of the molecule is N#CCNC(=O)O[C@H]1C[C@@H](S(=O)(=O)c2ccccc2C(F)(F)F)CN1C(=O)C1CCOCC1. The Balaban J connectivity index is 1.90. The molecule has 0 radical (unpaired) electrons. The zero-order valence-electron chi connectivity index (χ0n) is 17.4. The Hall–Kier alpha value is -2.85. The highest BCUT2D eigenvalue weighted by Crippen LogP contribution is 2.38. The van der Waals surface area contributed by atoms with E-state index in [1.165, 1.54) is 6.07 Å². The summed E-state index contributed by atoms with van der Waals surface area (Å²) >= 11 is 0. The van der Waals surface area contributed by atoms with Crippen LogP contribution in [0, 0.1) is 17.2 Å². The summed E-state index contributed by atoms with van der Waals surface area (Å²) in [5.74, 6) is -0.950. The number of sulfone groups is 1. The minimum Gasteiger partial charge on any atom is -0.425 e. The normalized spacial score (nSPS) is 21.9. The van der Waals surface area contributed by atoms with Gasteiger partial charge in [0.1, 0.15) is 6.54 Å². The van der Waals surface area contributed by atoms with E-state index >= 15 is 0 Å². The van der Waals surface area contributed by atoms with E-state index in [1.54, 1.807) is 6.07 Å². The number of nitriles is 1. The fraction of sp³-hybridized carbons (Fsp3) is 0.550. The Labute approximate surface area is 188 Å². The highest BCUT2D eigenvalue weighted by Gasteiger charge is 2.47. The molecule has 13 heteroatoms. The zero-order valence-corrected chi connectivity index (χ0v) is 18.2. The standard InChI is InChI=1S/C20H22F3N3O6S/c21-20(22,23)15-3-1-2-4-16(15)33(29,30)14-11-17(32-19(28)25-8-7-24)26(12-14)18(27)13-5-9-31-10-6-13/h1-4,13-14,17H,5-6,8-12H2,(H,25,28)/t14-,17+/m1/s1. The lowest BCUT2D eigenvalue weighted by molar-refractivity contribution is -0.145. The molecule has 1 N–H and O–H groups in total. The van der Waals surface area contributed by atoms with Crippen molar-refractivity contribution in [3.8, 4) is 6.07 Å². The third-order valence-electron chi connectivity index (χ3n) is 5.56. The molecule has 33 heavy (non-hydrogen) atoms. The van der Waals surface area contributed by atoms with E-state index in [0.29, 0.717) is 32.1 Å². The molecule has 2 aliphatic heterocycles. The summed E-state index contributed by atoms with van der Waals surface area (Å²) in [5.41, 5.74) is -1.30. The number of nitrogens with one attached hydrogen (secondary N) is 1. The lowest BCUT2D eigenvalue weighted by Crippen LogP contribution is -2.44. The van der Waals surface area contributed by atoms with Crippen molar-refractivity contribution in [3.63, 3.8) is 0 Å². The van der Waals surface area contributed by atoms with Crippen molar-refractivity contribution in [1.29, 1.82) is 5.26 Å². The lowest BCUT2D eigenvalue weighted by atomic mass is 9.99. The lowest BCUT2D eigenvalue weighted by Gasteiger charge is -2.30. The fourth-order valence-corrected chi connectivity index (χ4v) is 5.81. The van der Waals surface area contributed by atoms with Gasteiger partial charge in [0, 0.05) is 32.1 Å². The molecule has 0 spiro atoms. The van der Waals surface area contributed by atoms with Crippen molar-refractivity contribution in [1.82, 2.24) is 10.2 Å². The van der Waals surface area contributed by atoms with Crippen LogP contribution in [0.25, 0.3) is 0 Å². The van der Waals surface area contributed by atoms with Crippen molar-refractivity contribution >= 4 is 21.8 Å². The molecule has 0 aromatic heterocycles. The molecular weight excluding hydrogens is 467 g/mol. The summed E-state index contributed by atoms with van der Waals surface area (Å²) in [4.78, 5) is 25.2. The van der Waals surface area contributed by atoms with Gasteiger partial charge in [-0.15, -0.1) is 0 Å². The molecule has 0 aliphatic carbocycles. The van der Waals surface area contributed by atoms with E-state index in [1.807, 2.05) is 0 Å². The van der Waals surface area contributed by atoms with Crippen LogP contribution in [0.2, 0.25) is 0 Å². The Kier molecular flexibility index (Phi) is 7.48. The van der Waals surface area contributed by atoms with Gasteiger partial charge in [-0.1, -0.05) is 12.1 Å². The molecule has 0 bridgehead atoms. The molecule has 1 aromatic carbocycles. The number of alkyl halides is 3. The molecule has 2 atom stereocenters. The molecule has 180 valence electrons. The first-order valence-corrected chi connectivity index (χ1v) is 11.7. The van der Waals surface area contributed by atoms with E-state index < -0.39 is 68.8 Å². The van der Waals surface area contributed by atoms with Crippen LogP contribution in [0.4, 0.5) is 18.0 Å². The topological polar surface area (TPSA) is 126 Å². The Morgan fingerprint density at radius 1 is 1.24 bits per heavy atom. The highest BCUT2D eigenvalue weighted by molar-refractivity contribution is 7.92. The monoisotopic (exact) mass is 489 g/mol.